The smallest absolute Gasteiger partial charge is 0.255 e. The van der Waals surface area contributed by atoms with Gasteiger partial charge in [0.2, 0.25) is 0 Å². The van der Waals surface area contributed by atoms with Crippen LogP contribution >= 0.6 is 34.4 Å². The minimum absolute atomic E-state index is 0.117. The fourth-order valence-corrected chi connectivity index (χ4v) is 2.28. The van der Waals surface area contributed by atoms with E-state index in [-0.39, 0.29) is 11.7 Å². The molecule has 0 aliphatic rings. The average molecular weight is 385 g/mol. The molecule has 0 unspecified atom stereocenters. The first kappa shape index (κ1) is 14.2. The molecule has 0 saturated heterocycles. The van der Waals surface area contributed by atoms with E-state index in [9.17, 15) is 9.90 Å². The van der Waals surface area contributed by atoms with Crippen LogP contribution in [0.1, 0.15) is 10.4 Å². The van der Waals surface area contributed by atoms with Crippen LogP contribution in [0.25, 0.3) is 0 Å². The van der Waals surface area contributed by atoms with E-state index >= 15 is 0 Å². The summed E-state index contributed by atoms with van der Waals surface area (Å²) in [5.74, 6) is -0.116. The summed E-state index contributed by atoms with van der Waals surface area (Å²) in [6.45, 7) is 0. The predicted octanol–water partition coefficient (Wildman–Crippen LogP) is 3.97. The molecule has 0 heterocycles. The number of benzene rings is 2. The standard InChI is InChI=1S/C14H12INO2S/c1-19-11-5-3-10(4-6-11)16-14(18)9-2-7-12(15)13(17)8-9/h2-8,17H,1H3,(H,16,18). The van der Waals surface area contributed by atoms with Crippen molar-refractivity contribution in [2.24, 2.45) is 0 Å². The van der Waals surface area contributed by atoms with E-state index in [1.807, 2.05) is 53.1 Å². The minimum Gasteiger partial charge on any atom is -0.507 e. The Morgan fingerprint density at radius 1 is 1.21 bits per heavy atom. The number of amides is 1. The third-order valence-corrected chi connectivity index (χ3v) is 4.21. The van der Waals surface area contributed by atoms with Gasteiger partial charge in [0.05, 0.1) is 3.57 Å². The van der Waals surface area contributed by atoms with Crippen LogP contribution in [0.5, 0.6) is 5.75 Å². The van der Waals surface area contributed by atoms with Gasteiger partial charge in [0.1, 0.15) is 5.75 Å². The van der Waals surface area contributed by atoms with E-state index in [1.54, 1.807) is 23.9 Å². The highest BCUT2D eigenvalue weighted by Gasteiger charge is 2.08. The lowest BCUT2D eigenvalue weighted by Crippen LogP contribution is -2.11. The van der Waals surface area contributed by atoms with Crippen molar-refractivity contribution in [3.05, 3.63) is 51.6 Å². The zero-order chi connectivity index (χ0) is 13.8. The zero-order valence-electron chi connectivity index (χ0n) is 10.2. The Balaban J connectivity index is 2.13. The highest BCUT2D eigenvalue weighted by Crippen LogP contribution is 2.22. The SMILES string of the molecule is CSc1ccc(NC(=O)c2ccc(I)c(O)c2)cc1. The number of carbonyl (C=O) groups is 1. The van der Waals surface area contributed by atoms with E-state index in [0.29, 0.717) is 5.56 Å². The molecule has 0 atom stereocenters. The Morgan fingerprint density at radius 3 is 2.47 bits per heavy atom. The van der Waals surface area contributed by atoms with Crippen LogP contribution in [0.4, 0.5) is 5.69 Å². The van der Waals surface area contributed by atoms with Crippen molar-refractivity contribution in [2.45, 2.75) is 4.90 Å². The maximum Gasteiger partial charge on any atom is 0.255 e. The summed E-state index contributed by atoms with van der Waals surface area (Å²) in [5, 5.41) is 12.4. The molecule has 0 aromatic heterocycles. The Hall–Kier alpha value is -1.21. The van der Waals surface area contributed by atoms with Gasteiger partial charge in [0.15, 0.2) is 0 Å². The zero-order valence-corrected chi connectivity index (χ0v) is 13.2. The predicted molar refractivity (Wildman–Crippen MR) is 87.0 cm³/mol. The van der Waals surface area contributed by atoms with Gasteiger partial charge in [-0.3, -0.25) is 4.79 Å². The highest BCUT2D eigenvalue weighted by molar-refractivity contribution is 14.1. The Morgan fingerprint density at radius 2 is 1.89 bits per heavy atom. The molecule has 19 heavy (non-hydrogen) atoms. The number of anilines is 1. The van der Waals surface area contributed by atoms with E-state index in [2.05, 4.69) is 5.32 Å². The summed E-state index contributed by atoms with van der Waals surface area (Å²) >= 11 is 3.66. The molecular formula is C14H12INO2S. The molecule has 2 rings (SSSR count). The van der Waals surface area contributed by atoms with Crippen LogP contribution in [0.3, 0.4) is 0 Å². The largest absolute Gasteiger partial charge is 0.507 e. The summed E-state index contributed by atoms with van der Waals surface area (Å²) in [7, 11) is 0. The number of phenolic OH excluding ortho intramolecular Hbond substituents is 1. The lowest BCUT2D eigenvalue weighted by Gasteiger charge is -2.07. The second-order valence-corrected chi connectivity index (χ2v) is 5.89. The van der Waals surface area contributed by atoms with Gasteiger partial charge in [0, 0.05) is 16.1 Å². The number of phenols is 1. The van der Waals surface area contributed by atoms with Gasteiger partial charge in [-0.1, -0.05) is 0 Å². The molecule has 0 spiro atoms. The maximum atomic E-state index is 12.0. The van der Waals surface area contributed by atoms with Gasteiger partial charge < -0.3 is 10.4 Å². The van der Waals surface area contributed by atoms with E-state index in [0.717, 1.165) is 14.2 Å². The lowest BCUT2D eigenvalue weighted by atomic mass is 10.2. The molecule has 0 aliphatic heterocycles. The Labute approximate surface area is 129 Å². The molecular weight excluding hydrogens is 373 g/mol. The quantitative estimate of drug-likeness (QED) is 0.621. The topological polar surface area (TPSA) is 49.3 Å². The number of rotatable bonds is 3. The van der Waals surface area contributed by atoms with Gasteiger partial charge >= 0.3 is 0 Å². The molecule has 1 amide bonds. The number of aromatic hydroxyl groups is 1. The third kappa shape index (κ3) is 3.63. The Kier molecular flexibility index (Phi) is 4.71. The van der Waals surface area contributed by atoms with Gasteiger partial charge in [-0.25, -0.2) is 0 Å². The van der Waals surface area contributed by atoms with Crippen molar-refractivity contribution >= 4 is 45.9 Å². The van der Waals surface area contributed by atoms with Gasteiger partial charge in [-0.2, -0.15) is 0 Å². The molecule has 3 nitrogen and oxygen atoms in total. The van der Waals surface area contributed by atoms with Crippen LogP contribution in [-0.4, -0.2) is 17.3 Å². The van der Waals surface area contributed by atoms with Crippen molar-refractivity contribution in [1.29, 1.82) is 0 Å². The van der Waals surface area contributed by atoms with Crippen LogP contribution in [0.15, 0.2) is 47.4 Å². The highest BCUT2D eigenvalue weighted by atomic mass is 127. The van der Waals surface area contributed by atoms with Crippen molar-refractivity contribution in [1.82, 2.24) is 0 Å². The summed E-state index contributed by atoms with van der Waals surface area (Å²) in [4.78, 5) is 13.1. The second-order valence-electron chi connectivity index (χ2n) is 3.85. The van der Waals surface area contributed by atoms with Crippen molar-refractivity contribution < 1.29 is 9.90 Å². The number of carbonyl (C=O) groups excluding carboxylic acids is 1. The molecule has 0 aliphatic carbocycles. The van der Waals surface area contributed by atoms with E-state index in [4.69, 9.17) is 0 Å². The molecule has 2 N–H and O–H groups in total. The molecule has 5 heteroatoms. The molecule has 2 aromatic carbocycles. The number of hydrogen-bond acceptors (Lipinski definition) is 3. The Bertz CT molecular complexity index is 599. The molecule has 0 saturated carbocycles. The van der Waals surface area contributed by atoms with Crippen LogP contribution in [-0.2, 0) is 0 Å². The van der Waals surface area contributed by atoms with Gasteiger partial charge in [-0.05, 0) is 71.3 Å². The normalized spacial score (nSPS) is 10.2. The first-order valence-electron chi connectivity index (χ1n) is 5.54. The number of thioether (sulfide) groups is 1. The van der Waals surface area contributed by atoms with E-state index in [1.165, 1.54) is 6.07 Å². The molecule has 98 valence electrons. The lowest BCUT2D eigenvalue weighted by molar-refractivity contribution is 0.102. The van der Waals surface area contributed by atoms with Crippen molar-refractivity contribution in [2.75, 3.05) is 11.6 Å². The molecule has 0 radical (unpaired) electrons. The first-order chi connectivity index (χ1) is 9.10. The summed E-state index contributed by atoms with van der Waals surface area (Å²) in [6, 6.07) is 12.5. The minimum atomic E-state index is -0.233. The third-order valence-electron chi connectivity index (χ3n) is 2.56. The molecule has 0 bridgehead atoms. The first-order valence-corrected chi connectivity index (χ1v) is 7.84. The number of hydrogen-bond donors (Lipinski definition) is 2. The van der Waals surface area contributed by atoms with Gasteiger partial charge in [-0.15, -0.1) is 11.8 Å². The summed E-state index contributed by atoms with van der Waals surface area (Å²) in [6.07, 6.45) is 2.00. The average Bonchev–Trinajstić information content (AvgIpc) is 2.42. The maximum absolute atomic E-state index is 12.0. The fourth-order valence-electron chi connectivity index (χ4n) is 1.53. The van der Waals surface area contributed by atoms with Gasteiger partial charge in [0.25, 0.3) is 5.91 Å². The summed E-state index contributed by atoms with van der Waals surface area (Å²) in [5.41, 5.74) is 1.17. The monoisotopic (exact) mass is 385 g/mol. The molecule has 0 fully saturated rings. The fraction of sp³-hybridized carbons (Fsp3) is 0.0714. The number of nitrogens with one attached hydrogen (secondary N) is 1. The van der Waals surface area contributed by atoms with E-state index < -0.39 is 0 Å². The van der Waals surface area contributed by atoms with Crippen LogP contribution < -0.4 is 5.32 Å². The number of halogens is 1. The van der Waals surface area contributed by atoms with Crippen molar-refractivity contribution in [3.63, 3.8) is 0 Å². The summed E-state index contributed by atoms with van der Waals surface area (Å²) < 4.78 is 0.721. The molecule has 2 aromatic rings. The van der Waals surface area contributed by atoms with Crippen LogP contribution in [0.2, 0.25) is 0 Å². The van der Waals surface area contributed by atoms with Crippen molar-refractivity contribution in [3.8, 4) is 5.75 Å². The van der Waals surface area contributed by atoms with Crippen LogP contribution in [0, 0.1) is 3.57 Å². The second kappa shape index (κ2) is 6.29.